The summed E-state index contributed by atoms with van der Waals surface area (Å²) in [6.07, 6.45) is 3.68. The van der Waals surface area contributed by atoms with Crippen LogP contribution in [0.5, 0.6) is 0 Å². The second-order valence-corrected chi connectivity index (χ2v) is 5.71. The summed E-state index contributed by atoms with van der Waals surface area (Å²) in [6.45, 7) is 4.85. The molecule has 0 saturated heterocycles. The fourth-order valence-corrected chi connectivity index (χ4v) is 2.44. The molecule has 0 aliphatic heterocycles. The molecule has 1 unspecified atom stereocenters. The van der Waals surface area contributed by atoms with Crippen LogP contribution in [0.1, 0.15) is 43.5 Å². The van der Waals surface area contributed by atoms with Gasteiger partial charge in [0.25, 0.3) is 5.91 Å². The summed E-state index contributed by atoms with van der Waals surface area (Å²) in [5, 5.41) is 6.83. The summed E-state index contributed by atoms with van der Waals surface area (Å²) in [4.78, 5) is 12.3. The van der Waals surface area contributed by atoms with E-state index in [2.05, 4.69) is 17.6 Å². The molecule has 1 fully saturated rings. The molecule has 1 aliphatic carbocycles. The number of rotatable bonds is 6. The Balaban J connectivity index is 2.05. The van der Waals surface area contributed by atoms with Crippen LogP contribution in [0.4, 0.5) is 5.69 Å². The molecule has 1 aromatic rings. The van der Waals surface area contributed by atoms with Crippen molar-refractivity contribution in [2.75, 3.05) is 11.9 Å². The quantitative estimate of drug-likeness (QED) is 0.834. The number of amides is 1. The normalized spacial score (nSPS) is 15.9. The summed E-state index contributed by atoms with van der Waals surface area (Å²) < 4.78 is 0. The van der Waals surface area contributed by atoms with E-state index in [9.17, 15) is 4.79 Å². The molecule has 3 nitrogen and oxygen atoms in total. The highest BCUT2D eigenvalue weighted by Crippen LogP contribution is 2.33. The van der Waals surface area contributed by atoms with Crippen LogP contribution in [0.15, 0.2) is 18.2 Å². The summed E-state index contributed by atoms with van der Waals surface area (Å²) in [5.74, 6) is 0.759. The Kier molecular flexibility index (Phi) is 4.70. The second-order valence-electron chi connectivity index (χ2n) is 5.27. The van der Waals surface area contributed by atoms with Crippen LogP contribution in [0.25, 0.3) is 0 Å². The first kappa shape index (κ1) is 14.2. The van der Waals surface area contributed by atoms with E-state index in [1.165, 1.54) is 12.8 Å². The average molecular weight is 281 g/mol. The van der Waals surface area contributed by atoms with E-state index in [0.29, 0.717) is 10.6 Å². The molecular formula is C15H21ClN2O. The minimum absolute atomic E-state index is 0.0494. The van der Waals surface area contributed by atoms with Crippen LogP contribution in [0.2, 0.25) is 5.02 Å². The summed E-state index contributed by atoms with van der Waals surface area (Å²) >= 11 is 5.98. The summed E-state index contributed by atoms with van der Waals surface area (Å²) in [7, 11) is 0. The number of carbonyl (C=O) groups is 1. The Labute approximate surface area is 119 Å². The minimum Gasteiger partial charge on any atom is -0.385 e. The Bertz CT molecular complexity index is 457. The van der Waals surface area contributed by atoms with Gasteiger partial charge in [-0.25, -0.2) is 0 Å². The number of hydrogen-bond donors (Lipinski definition) is 2. The molecule has 0 bridgehead atoms. The lowest BCUT2D eigenvalue weighted by molar-refractivity contribution is 0.0938. The standard InChI is InChI=1S/C15H21ClN2O/c1-3-17-14-7-6-12(16)9-13(14)15(19)18-10(2)8-11-4-5-11/h6-7,9-11,17H,3-5,8H2,1-2H3,(H,18,19). The van der Waals surface area contributed by atoms with Gasteiger partial charge in [0.05, 0.1) is 5.56 Å². The van der Waals surface area contributed by atoms with Crippen LogP contribution in [0, 0.1) is 5.92 Å². The molecule has 4 heteroatoms. The molecule has 1 amide bonds. The zero-order chi connectivity index (χ0) is 13.8. The third-order valence-electron chi connectivity index (χ3n) is 3.35. The minimum atomic E-state index is -0.0494. The lowest BCUT2D eigenvalue weighted by Crippen LogP contribution is -2.33. The van der Waals surface area contributed by atoms with E-state index in [4.69, 9.17) is 11.6 Å². The molecule has 1 aromatic carbocycles. The molecule has 1 saturated carbocycles. The van der Waals surface area contributed by atoms with Crippen molar-refractivity contribution < 1.29 is 4.79 Å². The highest BCUT2D eigenvalue weighted by Gasteiger charge is 2.24. The second kappa shape index (κ2) is 6.29. The fourth-order valence-electron chi connectivity index (χ4n) is 2.26. The maximum absolute atomic E-state index is 12.3. The third kappa shape index (κ3) is 4.13. The van der Waals surface area contributed by atoms with Gasteiger partial charge < -0.3 is 10.6 Å². The molecule has 2 rings (SSSR count). The molecule has 0 heterocycles. The van der Waals surface area contributed by atoms with Crippen LogP contribution in [-0.2, 0) is 0 Å². The van der Waals surface area contributed by atoms with Crippen LogP contribution in [-0.4, -0.2) is 18.5 Å². The molecule has 1 atom stereocenters. The number of halogens is 1. The summed E-state index contributed by atoms with van der Waals surface area (Å²) in [5.41, 5.74) is 1.46. The first-order chi connectivity index (χ1) is 9.10. The van der Waals surface area contributed by atoms with E-state index < -0.39 is 0 Å². The van der Waals surface area contributed by atoms with Gasteiger partial charge in [0.2, 0.25) is 0 Å². The van der Waals surface area contributed by atoms with E-state index >= 15 is 0 Å². The van der Waals surface area contributed by atoms with Crippen molar-refractivity contribution in [1.29, 1.82) is 0 Å². The van der Waals surface area contributed by atoms with Crippen molar-refractivity contribution in [1.82, 2.24) is 5.32 Å². The van der Waals surface area contributed by atoms with Crippen molar-refractivity contribution in [3.63, 3.8) is 0 Å². The Morgan fingerprint density at radius 1 is 1.47 bits per heavy atom. The van der Waals surface area contributed by atoms with Crippen LogP contribution < -0.4 is 10.6 Å². The highest BCUT2D eigenvalue weighted by atomic mass is 35.5. The molecular weight excluding hydrogens is 260 g/mol. The number of carbonyl (C=O) groups excluding carboxylic acids is 1. The smallest absolute Gasteiger partial charge is 0.253 e. The molecule has 19 heavy (non-hydrogen) atoms. The molecule has 1 aliphatic rings. The average Bonchev–Trinajstić information content (AvgIpc) is 3.15. The van der Waals surface area contributed by atoms with Gasteiger partial charge in [-0.1, -0.05) is 24.4 Å². The SMILES string of the molecule is CCNc1ccc(Cl)cc1C(=O)NC(C)CC1CC1. The van der Waals surface area contributed by atoms with Gasteiger partial charge in [0.15, 0.2) is 0 Å². The zero-order valence-corrected chi connectivity index (χ0v) is 12.3. The Morgan fingerprint density at radius 2 is 2.21 bits per heavy atom. The van der Waals surface area contributed by atoms with E-state index in [-0.39, 0.29) is 11.9 Å². The van der Waals surface area contributed by atoms with Crippen molar-refractivity contribution in [3.8, 4) is 0 Å². The number of nitrogens with one attached hydrogen (secondary N) is 2. The van der Waals surface area contributed by atoms with Gasteiger partial charge in [-0.15, -0.1) is 0 Å². The molecule has 2 N–H and O–H groups in total. The highest BCUT2D eigenvalue weighted by molar-refractivity contribution is 6.31. The molecule has 0 aromatic heterocycles. The van der Waals surface area contributed by atoms with Crippen molar-refractivity contribution in [3.05, 3.63) is 28.8 Å². The van der Waals surface area contributed by atoms with Crippen molar-refractivity contribution in [2.45, 2.75) is 39.2 Å². The lowest BCUT2D eigenvalue weighted by Gasteiger charge is -2.16. The fraction of sp³-hybridized carbons (Fsp3) is 0.533. The maximum Gasteiger partial charge on any atom is 0.253 e. The van der Waals surface area contributed by atoms with Crippen molar-refractivity contribution >= 4 is 23.2 Å². The molecule has 0 radical (unpaired) electrons. The first-order valence-electron chi connectivity index (χ1n) is 6.94. The van der Waals surface area contributed by atoms with Crippen LogP contribution in [0.3, 0.4) is 0 Å². The van der Waals surface area contributed by atoms with E-state index in [1.807, 2.05) is 13.0 Å². The Morgan fingerprint density at radius 3 is 2.84 bits per heavy atom. The molecule has 0 spiro atoms. The topological polar surface area (TPSA) is 41.1 Å². The lowest BCUT2D eigenvalue weighted by atomic mass is 10.1. The van der Waals surface area contributed by atoms with Crippen molar-refractivity contribution in [2.24, 2.45) is 5.92 Å². The van der Waals surface area contributed by atoms with Gasteiger partial charge >= 0.3 is 0 Å². The summed E-state index contributed by atoms with van der Waals surface area (Å²) in [6, 6.07) is 5.59. The number of benzene rings is 1. The predicted molar refractivity (Wildman–Crippen MR) is 79.9 cm³/mol. The zero-order valence-electron chi connectivity index (χ0n) is 11.5. The molecule has 104 valence electrons. The largest absolute Gasteiger partial charge is 0.385 e. The van der Waals surface area contributed by atoms with Gasteiger partial charge in [-0.05, 0) is 44.4 Å². The van der Waals surface area contributed by atoms with Gasteiger partial charge in [0.1, 0.15) is 0 Å². The third-order valence-corrected chi connectivity index (χ3v) is 3.59. The van der Waals surface area contributed by atoms with Gasteiger partial charge in [-0.2, -0.15) is 0 Å². The first-order valence-corrected chi connectivity index (χ1v) is 7.32. The number of anilines is 1. The van der Waals surface area contributed by atoms with E-state index in [0.717, 1.165) is 24.6 Å². The maximum atomic E-state index is 12.3. The predicted octanol–water partition coefficient (Wildman–Crippen LogP) is 3.69. The monoisotopic (exact) mass is 280 g/mol. The van der Waals surface area contributed by atoms with Crippen LogP contribution >= 0.6 is 11.6 Å². The Hall–Kier alpha value is -1.22. The van der Waals surface area contributed by atoms with E-state index in [1.54, 1.807) is 12.1 Å². The van der Waals surface area contributed by atoms with Gasteiger partial charge in [-0.3, -0.25) is 4.79 Å². The van der Waals surface area contributed by atoms with Gasteiger partial charge in [0, 0.05) is 23.3 Å². The number of hydrogen-bond acceptors (Lipinski definition) is 2.